The van der Waals surface area contributed by atoms with Crippen molar-refractivity contribution in [1.29, 1.82) is 0 Å². The number of para-hydroxylation sites is 2. The second kappa shape index (κ2) is 8.95. The number of rotatable bonds is 6. The molecule has 2 amide bonds. The van der Waals surface area contributed by atoms with Crippen LogP contribution in [-0.4, -0.2) is 35.4 Å². The number of amides is 2. The van der Waals surface area contributed by atoms with Gasteiger partial charge >= 0.3 is 5.97 Å². The van der Waals surface area contributed by atoms with Crippen molar-refractivity contribution in [3.8, 4) is 0 Å². The van der Waals surface area contributed by atoms with Crippen LogP contribution in [0.25, 0.3) is 0 Å². The number of anilines is 2. The molecule has 2 atom stereocenters. The summed E-state index contributed by atoms with van der Waals surface area (Å²) in [5.41, 5.74) is 2.50. The van der Waals surface area contributed by atoms with Gasteiger partial charge in [-0.05, 0) is 44.0 Å². The molecule has 2 aromatic carbocycles. The summed E-state index contributed by atoms with van der Waals surface area (Å²) in [4.78, 5) is 49.5. The molecule has 1 aliphatic heterocycles. The quantitative estimate of drug-likeness (QED) is 0.431. The van der Waals surface area contributed by atoms with Gasteiger partial charge in [0, 0.05) is 24.7 Å². The third kappa shape index (κ3) is 4.71. The summed E-state index contributed by atoms with van der Waals surface area (Å²) in [5.74, 6) is -2.24. The summed E-state index contributed by atoms with van der Waals surface area (Å²) in [5, 5.41) is 13.5. The van der Waals surface area contributed by atoms with E-state index >= 15 is 0 Å². The minimum absolute atomic E-state index is 0.00921. The van der Waals surface area contributed by atoms with E-state index in [1.165, 1.54) is 25.1 Å². The molecule has 1 saturated heterocycles. The summed E-state index contributed by atoms with van der Waals surface area (Å²) >= 11 is 0. The van der Waals surface area contributed by atoms with Crippen LogP contribution in [0.4, 0.5) is 17.1 Å². The molecule has 2 aromatic rings. The molecule has 162 valence electrons. The monoisotopic (exact) mass is 425 g/mol. The number of hydrogen-bond donors (Lipinski definition) is 1. The normalized spacial score (nSPS) is 16.7. The van der Waals surface area contributed by atoms with Crippen LogP contribution in [0.15, 0.2) is 42.5 Å². The predicted octanol–water partition coefficient (Wildman–Crippen LogP) is 3.13. The Kier molecular flexibility index (Phi) is 6.33. The average Bonchev–Trinajstić information content (AvgIpc) is 3.11. The standard InChI is InChI=1S/C22H23N3O6/c1-13-7-6-10-18(14(13)2)24-12-16(11-20(24)26)22(28)31-15(3)21(27)23-17-8-4-5-9-19(17)25(29)30/h4-10,15-16H,11-12H2,1-3H3,(H,23,27)/t15-,16-/m1/s1. The first-order valence-corrected chi connectivity index (χ1v) is 9.80. The molecular weight excluding hydrogens is 402 g/mol. The molecular formula is C22H23N3O6. The maximum atomic E-state index is 12.6. The zero-order valence-corrected chi connectivity index (χ0v) is 17.5. The minimum atomic E-state index is -1.18. The first-order valence-electron chi connectivity index (χ1n) is 9.80. The average molecular weight is 425 g/mol. The summed E-state index contributed by atoms with van der Waals surface area (Å²) in [6, 6.07) is 11.3. The van der Waals surface area contributed by atoms with Gasteiger partial charge < -0.3 is 15.0 Å². The van der Waals surface area contributed by atoms with E-state index in [-0.39, 0.29) is 30.2 Å². The topological polar surface area (TPSA) is 119 Å². The number of nitrogens with one attached hydrogen (secondary N) is 1. The Labute approximate surface area is 179 Å². The molecule has 0 radical (unpaired) electrons. The molecule has 9 nitrogen and oxygen atoms in total. The maximum absolute atomic E-state index is 12.6. The van der Waals surface area contributed by atoms with E-state index in [1.807, 2.05) is 32.0 Å². The Bertz CT molecular complexity index is 1050. The third-order valence-electron chi connectivity index (χ3n) is 5.35. The van der Waals surface area contributed by atoms with Crippen LogP contribution >= 0.6 is 0 Å². The summed E-state index contributed by atoms with van der Waals surface area (Å²) in [6.07, 6.45) is -1.19. The molecule has 0 aromatic heterocycles. The van der Waals surface area contributed by atoms with Crippen molar-refractivity contribution in [1.82, 2.24) is 0 Å². The van der Waals surface area contributed by atoms with Gasteiger partial charge in [0.05, 0.1) is 10.8 Å². The molecule has 0 spiro atoms. The van der Waals surface area contributed by atoms with Crippen molar-refractivity contribution in [2.24, 2.45) is 5.92 Å². The first kappa shape index (κ1) is 21.9. The number of carbonyl (C=O) groups is 3. The second-order valence-electron chi connectivity index (χ2n) is 7.47. The largest absolute Gasteiger partial charge is 0.452 e. The van der Waals surface area contributed by atoms with Gasteiger partial charge in [0.15, 0.2) is 6.10 Å². The van der Waals surface area contributed by atoms with Gasteiger partial charge in [-0.1, -0.05) is 24.3 Å². The van der Waals surface area contributed by atoms with Gasteiger partial charge in [-0.25, -0.2) is 0 Å². The number of carbonyl (C=O) groups excluding carboxylic acids is 3. The second-order valence-corrected chi connectivity index (χ2v) is 7.47. The number of nitro benzene ring substituents is 1. The molecule has 1 aliphatic rings. The Morgan fingerprint density at radius 1 is 1.19 bits per heavy atom. The molecule has 0 saturated carbocycles. The third-order valence-corrected chi connectivity index (χ3v) is 5.35. The molecule has 0 unspecified atom stereocenters. The Balaban J connectivity index is 1.64. The van der Waals surface area contributed by atoms with E-state index < -0.39 is 28.8 Å². The number of ether oxygens (including phenoxy) is 1. The highest BCUT2D eigenvalue weighted by Crippen LogP contribution is 2.30. The lowest BCUT2D eigenvalue weighted by Crippen LogP contribution is -2.33. The lowest BCUT2D eigenvalue weighted by molar-refractivity contribution is -0.383. The van der Waals surface area contributed by atoms with Crippen LogP contribution in [0.5, 0.6) is 0 Å². The molecule has 1 N–H and O–H groups in total. The van der Waals surface area contributed by atoms with Crippen LogP contribution in [0.3, 0.4) is 0 Å². The number of esters is 1. The van der Waals surface area contributed by atoms with Gasteiger partial charge in [-0.3, -0.25) is 24.5 Å². The summed E-state index contributed by atoms with van der Waals surface area (Å²) in [7, 11) is 0. The predicted molar refractivity (Wildman–Crippen MR) is 114 cm³/mol. The lowest BCUT2D eigenvalue weighted by atomic mass is 10.1. The van der Waals surface area contributed by atoms with Crippen LogP contribution in [-0.2, 0) is 19.1 Å². The smallest absolute Gasteiger partial charge is 0.312 e. The highest BCUT2D eigenvalue weighted by Gasteiger charge is 2.38. The molecule has 9 heteroatoms. The fraction of sp³-hybridized carbons (Fsp3) is 0.318. The SMILES string of the molecule is Cc1cccc(N2C[C@H](C(=O)O[C@H](C)C(=O)Nc3ccccc3[N+](=O)[O-])CC2=O)c1C. The van der Waals surface area contributed by atoms with Crippen LogP contribution in [0, 0.1) is 29.9 Å². The Morgan fingerprint density at radius 2 is 1.90 bits per heavy atom. The molecule has 0 aliphatic carbocycles. The fourth-order valence-electron chi connectivity index (χ4n) is 3.42. The van der Waals surface area contributed by atoms with Gasteiger partial charge in [0.1, 0.15) is 5.69 Å². The van der Waals surface area contributed by atoms with E-state index in [0.29, 0.717) is 0 Å². The van der Waals surface area contributed by atoms with Crippen molar-refractivity contribution in [3.63, 3.8) is 0 Å². The highest BCUT2D eigenvalue weighted by atomic mass is 16.6. The van der Waals surface area contributed by atoms with Crippen molar-refractivity contribution in [2.45, 2.75) is 33.3 Å². The van der Waals surface area contributed by atoms with Crippen LogP contribution in [0.1, 0.15) is 24.5 Å². The molecule has 0 bridgehead atoms. The van der Waals surface area contributed by atoms with E-state index in [1.54, 1.807) is 11.0 Å². The van der Waals surface area contributed by atoms with Crippen molar-refractivity contribution in [3.05, 3.63) is 63.7 Å². The van der Waals surface area contributed by atoms with E-state index in [9.17, 15) is 24.5 Å². The molecule has 1 fully saturated rings. The van der Waals surface area contributed by atoms with Crippen molar-refractivity contribution in [2.75, 3.05) is 16.8 Å². The van der Waals surface area contributed by atoms with Gasteiger partial charge in [-0.2, -0.15) is 0 Å². The molecule has 31 heavy (non-hydrogen) atoms. The number of nitrogens with zero attached hydrogens (tertiary/aromatic N) is 2. The van der Waals surface area contributed by atoms with Crippen molar-refractivity contribution >= 4 is 34.8 Å². The molecule has 3 rings (SSSR count). The maximum Gasteiger partial charge on any atom is 0.312 e. The zero-order valence-electron chi connectivity index (χ0n) is 17.5. The van der Waals surface area contributed by atoms with Gasteiger partial charge in [-0.15, -0.1) is 0 Å². The Morgan fingerprint density at radius 3 is 2.61 bits per heavy atom. The van der Waals surface area contributed by atoms with E-state index in [2.05, 4.69) is 5.32 Å². The zero-order chi connectivity index (χ0) is 22.7. The number of nitro groups is 1. The van der Waals surface area contributed by atoms with Crippen LogP contribution in [0.2, 0.25) is 0 Å². The highest BCUT2D eigenvalue weighted by molar-refractivity contribution is 6.01. The number of benzene rings is 2. The Hall–Kier alpha value is -3.75. The minimum Gasteiger partial charge on any atom is -0.452 e. The molecule has 1 heterocycles. The van der Waals surface area contributed by atoms with E-state index in [4.69, 9.17) is 4.74 Å². The number of aryl methyl sites for hydroxylation is 1. The summed E-state index contributed by atoms with van der Waals surface area (Å²) < 4.78 is 5.26. The van der Waals surface area contributed by atoms with Gasteiger partial charge in [0.25, 0.3) is 11.6 Å². The van der Waals surface area contributed by atoms with E-state index in [0.717, 1.165) is 16.8 Å². The fourth-order valence-corrected chi connectivity index (χ4v) is 3.42. The van der Waals surface area contributed by atoms with Crippen molar-refractivity contribution < 1.29 is 24.0 Å². The lowest BCUT2D eigenvalue weighted by Gasteiger charge is -2.20. The summed E-state index contributed by atoms with van der Waals surface area (Å²) in [6.45, 7) is 5.41. The first-order chi connectivity index (χ1) is 14.7. The number of hydrogen-bond acceptors (Lipinski definition) is 6. The van der Waals surface area contributed by atoms with Crippen LogP contribution < -0.4 is 10.2 Å². The van der Waals surface area contributed by atoms with Gasteiger partial charge in [0.2, 0.25) is 5.91 Å².